The number of fused-ring (bicyclic) bond motifs is 2. The lowest BCUT2D eigenvalue weighted by atomic mass is 9.85. The van der Waals surface area contributed by atoms with Gasteiger partial charge in [-0.15, -0.1) is 0 Å². The lowest BCUT2D eigenvalue weighted by molar-refractivity contribution is -0.140. The van der Waals surface area contributed by atoms with Gasteiger partial charge in [-0.25, -0.2) is 0 Å². The Kier molecular flexibility index (Phi) is 4.83. The van der Waals surface area contributed by atoms with Crippen LogP contribution in [0.25, 0.3) is 0 Å². The van der Waals surface area contributed by atoms with Crippen molar-refractivity contribution in [3.63, 3.8) is 0 Å². The predicted molar refractivity (Wildman–Crippen MR) is 96.1 cm³/mol. The SMILES string of the molecule is O=C(CCN1C(=O)[C@H]2CC=CC[C@@H]2C1=O)NC[C@H]1COc2ccccc2O1. The third-order valence-corrected chi connectivity index (χ3v) is 5.26. The van der Waals surface area contributed by atoms with Crippen LogP contribution in [-0.4, -0.2) is 48.4 Å². The molecule has 142 valence electrons. The molecule has 0 spiro atoms. The van der Waals surface area contributed by atoms with Gasteiger partial charge >= 0.3 is 0 Å². The molecule has 2 aliphatic heterocycles. The number of allylic oxidation sites excluding steroid dienone is 2. The average molecular weight is 370 g/mol. The highest BCUT2D eigenvalue weighted by Crippen LogP contribution is 2.35. The molecule has 3 amide bonds. The minimum absolute atomic E-state index is 0.0918. The summed E-state index contributed by atoms with van der Waals surface area (Å²) in [5.41, 5.74) is 0. The van der Waals surface area contributed by atoms with Crippen molar-refractivity contribution in [2.45, 2.75) is 25.4 Å². The Morgan fingerprint density at radius 2 is 1.74 bits per heavy atom. The lowest BCUT2D eigenvalue weighted by Crippen LogP contribution is -2.42. The van der Waals surface area contributed by atoms with E-state index in [1.807, 2.05) is 36.4 Å². The molecule has 0 unspecified atom stereocenters. The van der Waals surface area contributed by atoms with E-state index in [9.17, 15) is 14.4 Å². The molecule has 1 aromatic carbocycles. The van der Waals surface area contributed by atoms with E-state index >= 15 is 0 Å². The minimum atomic E-state index is -0.271. The van der Waals surface area contributed by atoms with E-state index < -0.39 is 0 Å². The van der Waals surface area contributed by atoms with Crippen LogP contribution in [-0.2, 0) is 14.4 Å². The van der Waals surface area contributed by atoms with Gasteiger partial charge < -0.3 is 14.8 Å². The molecule has 7 nitrogen and oxygen atoms in total. The number of hydrogen-bond acceptors (Lipinski definition) is 5. The first-order chi connectivity index (χ1) is 13.1. The number of carbonyl (C=O) groups is 3. The fourth-order valence-corrected chi connectivity index (χ4v) is 3.78. The Morgan fingerprint density at radius 3 is 2.44 bits per heavy atom. The van der Waals surface area contributed by atoms with Gasteiger partial charge in [0.25, 0.3) is 0 Å². The number of rotatable bonds is 5. The van der Waals surface area contributed by atoms with Crippen molar-refractivity contribution in [3.05, 3.63) is 36.4 Å². The summed E-state index contributed by atoms with van der Waals surface area (Å²) in [7, 11) is 0. The lowest BCUT2D eigenvalue weighted by Gasteiger charge is -2.26. The zero-order chi connectivity index (χ0) is 18.8. The number of benzene rings is 1. The van der Waals surface area contributed by atoms with Crippen LogP contribution < -0.4 is 14.8 Å². The number of amides is 3. The van der Waals surface area contributed by atoms with Gasteiger partial charge in [-0.2, -0.15) is 0 Å². The van der Waals surface area contributed by atoms with Crippen LogP contribution >= 0.6 is 0 Å². The standard InChI is InChI=1S/C20H22N2O5/c23-18(21-11-13-12-26-16-7-3-4-8-17(16)27-13)9-10-22-19(24)14-5-1-2-6-15(14)20(22)25/h1-4,7-8,13-15H,5-6,9-12H2,(H,21,23)/t13-,14-,15-/m0/s1. The molecule has 1 N–H and O–H groups in total. The molecule has 1 fully saturated rings. The predicted octanol–water partition coefficient (Wildman–Crippen LogP) is 1.28. The van der Waals surface area contributed by atoms with Crippen molar-refractivity contribution in [2.75, 3.05) is 19.7 Å². The van der Waals surface area contributed by atoms with Crippen LogP contribution in [0.15, 0.2) is 36.4 Å². The summed E-state index contributed by atoms with van der Waals surface area (Å²) in [5.74, 6) is 0.336. The Balaban J connectivity index is 1.24. The van der Waals surface area contributed by atoms with Crippen molar-refractivity contribution in [1.82, 2.24) is 10.2 Å². The molecular weight excluding hydrogens is 348 g/mol. The van der Waals surface area contributed by atoms with Gasteiger partial charge in [0.15, 0.2) is 11.5 Å². The van der Waals surface area contributed by atoms with Gasteiger partial charge in [-0.3, -0.25) is 19.3 Å². The fourth-order valence-electron chi connectivity index (χ4n) is 3.78. The van der Waals surface area contributed by atoms with Crippen molar-refractivity contribution < 1.29 is 23.9 Å². The maximum Gasteiger partial charge on any atom is 0.233 e. The second-order valence-corrected chi connectivity index (χ2v) is 7.04. The molecule has 3 aliphatic rings. The van der Waals surface area contributed by atoms with E-state index in [0.29, 0.717) is 37.5 Å². The van der Waals surface area contributed by atoms with E-state index in [1.54, 1.807) is 0 Å². The Labute approximate surface area is 157 Å². The normalized spacial score (nSPS) is 26.1. The fraction of sp³-hybridized carbons (Fsp3) is 0.450. The zero-order valence-electron chi connectivity index (χ0n) is 14.9. The van der Waals surface area contributed by atoms with Crippen molar-refractivity contribution in [3.8, 4) is 11.5 Å². The Morgan fingerprint density at radius 1 is 1.07 bits per heavy atom. The number of para-hydroxylation sites is 2. The molecule has 1 aromatic rings. The third kappa shape index (κ3) is 3.54. The van der Waals surface area contributed by atoms with E-state index in [1.165, 1.54) is 4.90 Å². The van der Waals surface area contributed by atoms with E-state index in [4.69, 9.17) is 9.47 Å². The van der Waals surface area contributed by atoms with Crippen LogP contribution in [0.1, 0.15) is 19.3 Å². The third-order valence-electron chi connectivity index (χ3n) is 5.26. The second-order valence-electron chi connectivity index (χ2n) is 7.04. The van der Waals surface area contributed by atoms with Gasteiger partial charge in [-0.05, 0) is 25.0 Å². The summed E-state index contributed by atoms with van der Waals surface area (Å²) < 4.78 is 11.4. The molecule has 2 heterocycles. The molecule has 0 aromatic heterocycles. The molecule has 1 aliphatic carbocycles. The minimum Gasteiger partial charge on any atom is -0.486 e. The van der Waals surface area contributed by atoms with Crippen LogP contribution in [0.3, 0.4) is 0 Å². The number of imide groups is 1. The molecular formula is C20H22N2O5. The Bertz CT molecular complexity index is 764. The highest BCUT2D eigenvalue weighted by atomic mass is 16.6. The van der Waals surface area contributed by atoms with Gasteiger partial charge in [0.05, 0.1) is 18.4 Å². The number of ether oxygens (including phenoxy) is 2. The summed E-state index contributed by atoms with van der Waals surface area (Å²) in [6.45, 7) is 0.794. The molecule has 3 atom stereocenters. The zero-order valence-corrected chi connectivity index (χ0v) is 14.9. The Hall–Kier alpha value is -2.83. The maximum atomic E-state index is 12.4. The molecule has 0 radical (unpaired) electrons. The number of nitrogens with one attached hydrogen (secondary N) is 1. The summed E-state index contributed by atoms with van der Waals surface area (Å²) in [4.78, 5) is 38.2. The number of hydrogen-bond donors (Lipinski definition) is 1. The van der Waals surface area contributed by atoms with Gasteiger partial charge in [0.2, 0.25) is 17.7 Å². The first-order valence-electron chi connectivity index (χ1n) is 9.29. The van der Waals surface area contributed by atoms with E-state index in [2.05, 4.69) is 5.32 Å². The van der Waals surface area contributed by atoms with Crippen molar-refractivity contribution in [2.24, 2.45) is 11.8 Å². The average Bonchev–Trinajstić information content (AvgIpc) is 2.95. The van der Waals surface area contributed by atoms with Crippen molar-refractivity contribution >= 4 is 17.7 Å². The summed E-state index contributed by atoms with van der Waals surface area (Å²) in [5, 5.41) is 2.79. The van der Waals surface area contributed by atoms with Crippen molar-refractivity contribution in [1.29, 1.82) is 0 Å². The monoisotopic (exact) mass is 370 g/mol. The first kappa shape index (κ1) is 17.6. The number of carbonyl (C=O) groups excluding carboxylic acids is 3. The molecule has 0 bridgehead atoms. The first-order valence-corrected chi connectivity index (χ1v) is 9.29. The molecule has 1 saturated heterocycles. The van der Waals surface area contributed by atoms with E-state index in [0.717, 1.165) is 0 Å². The molecule has 0 saturated carbocycles. The highest BCUT2D eigenvalue weighted by Gasteiger charge is 2.46. The van der Waals surface area contributed by atoms with Gasteiger partial charge in [0.1, 0.15) is 12.7 Å². The number of likely N-dealkylation sites (tertiary alicyclic amines) is 1. The second kappa shape index (κ2) is 7.42. The molecule has 27 heavy (non-hydrogen) atoms. The van der Waals surface area contributed by atoms with E-state index in [-0.39, 0.29) is 48.6 Å². The topological polar surface area (TPSA) is 84.9 Å². The maximum absolute atomic E-state index is 12.4. The van der Waals surface area contributed by atoms with Crippen LogP contribution in [0.5, 0.6) is 11.5 Å². The van der Waals surface area contributed by atoms with Crippen LogP contribution in [0, 0.1) is 11.8 Å². The summed E-state index contributed by atoms with van der Waals surface area (Å²) in [6.07, 6.45) is 4.94. The van der Waals surface area contributed by atoms with Gasteiger partial charge in [-0.1, -0.05) is 24.3 Å². The highest BCUT2D eigenvalue weighted by molar-refractivity contribution is 6.05. The molecule has 4 rings (SSSR count). The van der Waals surface area contributed by atoms with Crippen LogP contribution in [0.4, 0.5) is 0 Å². The quantitative estimate of drug-likeness (QED) is 0.624. The summed E-state index contributed by atoms with van der Waals surface area (Å²) >= 11 is 0. The number of nitrogens with zero attached hydrogens (tertiary/aromatic N) is 1. The smallest absolute Gasteiger partial charge is 0.233 e. The van der Waals surface area contributed by atoms with Crippen LogP contribution in [0.2, 0.25) is 0 Å². The van der Waals surface area contributed by atoms with Gasteiger partial charge in [0, 0.05) is 13.0 Å². The summed E-state index contributed by atoms with van der Waals surface area (Å²) in [6, 6.07) is 7.39. The largest absolute Gasteiger partial charge is 0.486 e. The molecule has 7 heteroatoms.